The molecule has 0 amide bonds. The van der Waals surface area contributed by atoms with Crippen LogP contribution in [0.2, 0.25) is 0 Å². The van der Waals surface area contributed by atoms with Gasteiger partial charge in [-0.2, -0.15) is 0 Å². The maximum Gasteiger partial charge on any atom is 0.0788 e. The standard InChI is InChI=1S/C12H23BrO2/c1-10-5-4-6-12(7-10,9-13)15-11(2)8-14-3/h10-11H,4-9H2,1-3H3. The lowest BCUT2D eigenvalue weighted by Gasteiger charge is -2.40. The van der Waals surface area contributed by atoms with Crippen LogP contribution >= 0.6 is 15.9 Å². The molecular formula is C12H23BrO2. The van der Waals surface area contributed by atoms with Gasteiger partial charge in [0.15, 0.2) is 0 Å². The van der Waals surface area contributed by atoms with Gasteiger partial charge in [0.1, 0.15) is 0 Å². The zero-order valence-electron chi connectivity index (χ0n) is 10.1. The van der Waals surface area contributed by atoms with E-state index in [0.29, 0.717) is 6.61 Å². The lowest BCUT2D eigenvalue weighted by Crippen LogP contribution is -2.42. The van der Waals surface area contributed by atoms with E-state index in [4.69, 9.17) is 9.47 Å². The number of halogens is 1. The van der Waals surface area contributed by atoms with E-state index in [1.165, 1.54) is 25.7 Å². The largest absolute Gasteiger partial charge is 0.382 e. The Morgan fingerprint density at radius 2 is 2.27 bits per heavy atom. The summed E-state index contributed by atoms with van der Waals surface area (Å²) in [6.07, 6.45) is 5.17. The summed E-state index contributed by atoms with van der Waals surface area (Å²) in [4.78, 5) is 0. The molecule has 1 saturated carbocycles. The monoisotopic (exact) mass is 278 g/mol. The number of rotatable bonds is 5. The molecule has 3 atom stereocenters. The third-order valence-corrected chi connectivity index (χ3v) is 4.17. The third-order valence-electron chi connectivity index (χ3n) is 3.15. The van der Waals surface area contributed by atoms with Crippen LogP contribution < -0.4 is 0 Å². The molecule has 1 fully saturated rings. The van der Waals surface area contributed by atoms with Gasteiger partial charge in [0.2, 0.25) is 0 Å². The van der Waals surface area contributed by atoms with Gasteiger partial charge in [-0.05, 0) is 25.7 Å². The maximum atomic E-state index is 6.17. The van der Waals surface area contributed by atoms with Gasteiger partial charge in [0, 0.05) is 12.4 Å². The first-order chi connectivity index (χ1) is 7.12. The van der Waals surface area contributed by atoms with Gasteiger partial charge in [-0.1, -0.05) is 35.7 Å². The molecule has 1 aliphatic rings. The van der Waals surface area contributed by atoms with Crippen LogP contribution in [0, 0.1) is 5.92 Å². The van der Waals surface area contributed by atoms with Crippen LogP contribution in [0.5, 0.6) is 0 Å². The molecule has 0 N–H and O–H groups in total. The van der Waals surface area contributed by atoms with Gasteiger partial charge in [-0.15, -0.1) is 0 Å². The summed E-state index contributed by atoms with van der Waals surface area (Å²) in [7, 11) is 1.73. The van der Waals surface area contributed by atoms with Gasteiger partial charge in [-0.25, -0.2) is 0 Å². The van der Waals surface area contributed by atoms with Gasteiger partial charge in [-0.3, -0.25) is 0 Å². The van der Waals surface area contributed by atoms with Crippen LogP contribution in [-0.4, -0.2) is 30.8 Å². The maximum absolute atomic E-state index is 6.17. The normalized spacial score (nSPS) is 34.0. The minimum atomic E-state index is 0.0512. The van der Waals surface area contributed by atoms with Crippen LogP contribution in [0.25, 0.3) is 0 Å². The van der Waals surface area contributed by atoms with E-state index >= 15 is 0 Å². The SMILES string of the molecule is COCC(C)OC1(CBr)CCCC(C)C1. The summed E-state index contributed by atoms with van der Waals surface area (Å²) in [5, 5.41) is 0.943. The highest BCUT2D eigenvalue weighted by Crippen LogP contribution is 2.37. The van der Waals surface area contributed by atoms with Gasteiger partial charge >= 0.3 is 0 Å². The first-order valence-electron chi connectivity index (χ1n) is 5.84. The van der Waals surface area contributed by atoms with Gasteiger partial charge < -0.3 is 9.47 Å². The molecule has 0 bridgehead atoms. The highest BCUT2D eigenvalue weighted by molar-refractivity contribution is 9.09. The molecule has 1 rings (SSSR count). The smallest absolute Gasteiger partial charge is 0.0788 e. The van der Waals surface area contributed by atoms with Crippen molar-refractivity contribution in [3.05, 3.63) is 0 Å². The molecule has 0 aromatic carbocycles. The van der Waals surface area contributed by atoms with Gasteiger partial charge in [0.05, 0.1) is 18.3 Å². The lowest BCUT2D eigenvalue weighted by atomic mass is 9.80. The highest BCUT2D eigenvalue weighted by atomic mass is 79.9. The Bertz CT molecular complexity index is 186. The van der Waals surface area contributed by atoms with Crippen molar-refractivity contribution in [1.29, 1.82) is 0 Å². The molecule has 3 heteroatoms. The first kappa shape index (κ1) is 13.5. The van der Waals surface area contributed by atoms with E-state index in [0.717, 1.165) is 11.2 Å². The van der Waals surface area contributed by atoms with Crippen LogP contribution in [-0.2, 0) is 9.47 Å². The van der Waals surface area contributed by atoms with Crippen molar-refractivity contribution >= 4 is 15.9 Å². The molecule has 1 aliphatic carbocycles. The summed E-state index contributed by atoms with van der Waals surface area (Å²) < 4.78 is 11.3. The number of ether oxygens (including phenoxy) is 2. The summed E-state index contributed by atoms with van der Waals surface area (Å²) in [5.74, 6) is 0.783. The Hall–Kier alpha value is 0.400. The zero-order valence-corrected chi connectivity index (χ0v) is 11.7. The molecule has 3 unspecified atom stereocenters. The molecule has 2 nitrogen and oxygen atoms in total. The molecular weight excluding hydrogens is 256 g/mol. The Kier molecular flexibility index (Phi) is 5.58. The average Bonchev–Trinajstić information content (AvgIpc) is 2.18. The molecule has 0 aliphatic heterocycles. The van der Waals surface area contributed by atoms with Crippen LogP contribution in [0.15, 0.2) is 0 Å². The fraction of sp³-hybridized carbons (Fsp3) is 1.00. The van der Waals surface area contributed by atoms with E-state index < -0.39 is 0 Å². The predicted octanol–water partition coefficient (Wildman–Crippen LogP) is 3.38. The molecule has 15 heavy (non-hydrogen) atoms. The molecule has 0 aromatic rings. The molecule has 0 aromatic heterocycles. The van der Waals surface area contributed by atoms with Crippen molar-refractivity contribution in [3.63, 3.8) is 0 Å². The van der Waals surface area contributed by atoms with E-state index in [1.807, 2.05) is 0 Å². The Morgan fingerprint density at radius 3 is 2.80 bits per heavy atom. The first-order valence-corrected chi connectivity index (χ1v) is 6.97. The molecule has 0 saturated heterocycles. The number of alkyl halides is 1. The highest BCUT2D eigenvalue weighted by Gasteiger charge is 2.36. The summed E-state index contributed by atoms with van der Waals surface area (Å²) in [5.41, 5.74) is 0.0512. The van der Waals surface area contributed by atoms with E-state index in [2.05, 4.69) is 29.8 Å². The Balaban J connectivity index is 2.51. The zero-order chi connectivity index (χ0) is 11.3. The van der Waals surface area contributed by atoms with Crippen LogP contribution in [0.4, 0.5) is 0 Å². The van der Waals surface area contributed by atoms with Crippen molar-refractivity contribution in [3.8, 4) is 0 Å². The average molecular weight is 279 g/mol. The third kappa shape index (κ3) is 4.04. The summed E-state index contributed by atoms with van der Waals surface area (Å²) >= 11 is 3.61. The fourth-order valence-corrected chi connectivity index (χ4v) is 3.21. The molecule has 0 heterocycles. The van der Waals surface area contributed by atoms with Crippen molar-refractivity contribution in [2.24, 2.45) is 5.92 Å². The quantitative estimate of drug-likeness (QED) is 0.718. The van der Waals surface area contributed by atoms with Crippen molar-refractivity contribution < 1.29 is 9.47 Å². The van der Waals surface area contributed by atoms with E-state index in [-0.39, 0.29) is 11.7 Å². The molecule has 0 spiro atoms. The van der Waals surface area contributed by atoms with Crippen molar-refractivity contribution in [2.45, 2.75) is 51.2 Å². The number of hydrogen-bond acceptors (Lipinski definition) is 2. The second-order valence-corrected chi connectivity index (χ2v) is 5.46. The number of hydrogen-bond donors (Lipinski definition) is 0. The minimum absolute atomic E-state index is 0.0512. The molecule has 0 radical (unpaired) electrons. The number of methoxy groups -OCH3 is 1. The lowest BCUT2D eigenvalue weighted by molar-refractivity contribution is -0.117. The van der Waals surface area contributed by atoms with E-state index in [1.54, 1.807) is 7.11 Å². The van der Waals surface area contributed by atoms with Crippen LogP contribution in [0.3, 0.4) is 0 Å². The second kappa shape index (κ2) is 6.21. The topological polar surface area (TPSA) is 18.5 Å². The summed E-state index contributed by atoms with van der Waals surface area (Å²) in [6, 6.07) is 0. The second-order valence-electron chi connectivity index (χ2n) is 4.90. The Morgan fingerprint density at radius 1 is 1.53 bits per heavy atom. The molecule has 90 valence electrons. The Labute approximate surface area is 102 Å². The van der Waals surface area contributed by atoms with Gasteiger partial charge in [0.25, 0.3) is 0 Å². The van der Waals surface area contributed by atoms with Crippen molar-refractivity contribution in [2.75, 3.05) is 19.0 Å². The summed E-state index contributed by atoms with van der Waals surface area (Å²) in [6.45, 7) is 5.09. The minimum Gasteiger partial charge on any atom is -0.382 e. The van der Waals surface area contributed by atoms with Crippen LogP contribution in [0.1, 0.15) is 39.5 Å². The fourth-order valence-electron chi connectivity index (χ4n) is 2.57. The predicted molar refractivity (Wildman–Crippen MR) is 66.6 cm³/mol. The van der Waals surface area contributed by atoms with E-state index in [9.17, 15) is 0 Å². The van der Waals surface area contributed by atoms with Crippen molar-refractivity contribution in [1.82, 2.24) is 0 Å².